The highest BCUT2D eigenvalue weighted by molar-refractivity contribution is 6.05. The first-order valence-electron chi connectivity index (χ1n) is 6.57. The van der Waals surface area contributed by atoms with Gasteiger partial charge < -0.3 is 20.5 Å². The molecular weight excluding hydrogens is 270 g/mol. The van der Waals surface area contributed by atoms with Crippen molar-refractivity contribution < 1.29 is 14.3 Å². The van der Waals surface area contributed by atoms with Crippen LogP contribution >= 0.6 is 0 Å². The number of anilines is 2. The summed E-state index contributed by atoms with van der Waals surface area (Å²) in [6, 6.07) is 6.93. The van der Waals surface area contributed by atoms with Crippen LogP contribution in [0.1, 0.15) is 16.1 Å². The number of aromatic nitrogens is 1. The van der Waals surface area contributed by atoms with Crippen LogP contribution in [0.4, 0.5) is 11.4 Å². The number of nitrogen functional groups attached to an aromatic ring is 1. The van der Waals surface area contributed by atoms with Gasteiger partial charge in [0.25, 0.3) is 5.91 Å². The molecule has 0 bridgehead atoms. The molecule has 108 valence electrons. The molecule has 0 spiro atoms. The number of hydrogen-bond donors (Lipinski definition) is 2. The first kappa shape index (κ1) is 13.2. The minimum atomic E-state index is -0.309. The molecule has 1 aliphatic heterocycles. The molecule has 0 unspecified atom stereocenters. The lowest BCUT2D eigenvalue weighted by molar-refractivity contribution is 0.102. The molecule has 1 aromatic carbocycles. The Kier molecular flexibility index (Phi) is 3.35. The fraction of sp³-hybridized carbons (Fsp3) is 0.200. The van der Waals surface area contributed by atoms with Crippen molar-refractivity contribution in [2.24, 2.45) is 0 Å². The van der Waals surface area contributed by atoms with Gasteiger partial charge in [-0.1, -0.05) is 6.07 Å². The number of fused-ring (bicyclic) bond motifs is 1. The number of ether oxygens (including phenoxy) is 2. The average Bonchev–Trinajstić information content (AvgIpc) is 2.48. The molecule has 2 aromatic rings. The third-order valence-corrected chi connectivity index (χ3v) is 3.19. The Morgan fingerprint density at radius 1 is 1.29 bits per heavy atom. The number of amides is 1. The van der Waals surface area contributed by atoms with Crippen LogP contribution in [0.15, 0.2) is 30.5 Å². The van der Waals surface area contributed by atoms with Gasteiger partial charge in [-0.2, -0.15) is 0 Å². The number of carbonyl (C=O) groups excluding carboxylic acids is 1. The molecule has 1 aliphatic rings. The first-order valence-corrected chi connectivity index (χ1v) is 6.57. The van der Waals surface area contributed by atoms with Gasteiger partial charge in [-0.05, 0) is 18.6 Å². The van der Waals surface area contributed by atoms with Crippen LogP contribution in [0, 0.1) is 6.92 Å². The topological polar surface area (TPSA) is 86.5 Å². The van der Waals surface area contributed by atoms with Crippen LogP contribution in [0.25, 0.3) is 0 Å². The largest absolute Gasteiger partial charge is 0.486 e. The minimum absolute atomic E-state index is 0.309. The minimum Gasteiger partial charge on any atom is -0.486 e. The molecule has 6 nitrogen and oxygen atoms in total. The smallest absolute Gasteiger partial charge is 0.274 e. The molecule has 3 N–H and O–H groups in total. The van der Waals surface area contributed by atoms with Crippen molar-refractivity contribution in [2.45, 2.75) is 6.92 Å². The zero-order chi connectivity index (χ0) is 14.8. The Labute approximate surface area is 121 Å². The van der Waals surface area contributed by atoms with E-state index in [0.717, 1.165) is 5.56 Å². The van der Waals surface area contributed by atoms with E-state index in [9.17, 15) is 4.79 Å². The number of pyridine rings is 1. The summed E-state index contributed by atoms with van der Waals surface area (Å²) in [5, 5.41) is 2.76. The van der Waals surface area contributed by atoms with Crippen molar-refractivity contribution >= 4 is 17.3 Å². The lowest BCUT2D eigenvalue weighted by Crippen LogP contribution is -2.18. The number of benzene rings is 1. The molecule has 2 heterocycles. The van der Waals surface area contributed by atoms with E-state index in [0.29, 0.717) is 41.8 Å². The molecule has 0 saturated carbocycles. The SMILES string of the molecule is Cc1cccnc1C(=O)Nc1cc2c(cc1N)OCCO2. The number of carbonyl (C=O) groups is 1. The van der Waals surface area contributed by atoms with E-state index in [1.807, 2.05) is 13.0 Å². The Hall–Kier alpha value is -2.76. The summed E-state index contributed by atoms with van der Waals surface area (Å²) in [7, 11) is 0. The maximum Gasteiger partial charge on any atom is 0.274 e. The molecule has 0 radical (unpaired) electrons. The maximum atomic E-state index is 12.3. The van der Waals surface area contributed by atoms with Crippen LogP contribution in [0.2, 0.25) is 0 Å². The third-order valence-electron chi connectivity index (χ3n) is 3.19. The number of nitrogens with two attached hydrogens (primary N) is 1. The van der Waals surface area contributed by atoms with E-state index in [1.54, 1.807) is 24.4 Å². The molecule has 3 rings (SSSR count). The summed E-state index contributed by atoms with van der Waals surface area (Å²) in [6.07, 6.45) is 1.58. The van der Waals surface area contributed by atoms with Crippen LogP contribution < -0.4 is 20.5 Å². The quantitative estimate of drug-likeness (QED) is 0.824. The summed E-state index contributed by atoms with van der Waals surface area (Å²) in [5.74, 6) is 0.853. The second-order valence-electron chi connectivity index (χ2n) is 4.71. The van der Waals surface area contributed by atoms with Crippen molar-refractivity contribution in [1.29, 1.82) is 0 Å². The highest BCUT2D eigenvalue weighted by Crippen LogP contribution is 2.37. The Morgan fingerprint density at radius 2 is 2.00 bits per heavy atom. The Morgan fingerprint density at radius 3 is 2.71 bits per heavy atom. The molecule has 21 heavy (non-hydrogen) atoms. The number of nitrogens with one attached hydrogen (secondary N) is 1. The monoisotopic (exact) mass is 285 g/mol. The second kappa shape index (κ2) is 5.32. The molecule has 1 amide bonds. The molecule has 6 heteroatoms. The van der Waals surface area contributed by atoms with E-state index in [2.05, 4.69) is 10.3 Å². The zero-order valence-electron chi connectivity index (χ0n) is 11.6. The standard InChI is InChI=1S/C15H15N3O3/c1-9-3-2-4-17-14(9)15(19)18-11-8-13-12(7-10(11)16)20-5-6-21-13/h2-4,7-8H,5-6,16H2,1H3,(H,18,19). The number of rotatable bonds is 2. The van der Waals surface area contributed by atoms with Crippen LogP contribution in [-0.2, 0) is 0 Å². The number of nitrogens with zero attached hydrogens (tertiary/aromatic N) is 1. The normalized spacial score (nSPS) is 12.8. The fourth-order valence-electron chi connectivity index (χ4n) is 2.12. The molecule has 0 fully saturated rings. The van der Waals surface area contributed by atoms with E-state index in [4.69, 9.17) is 15.2 Å². The Balaban J connectivity index is 1.88. The van der Waals surface area contributed by atoms with E-state index in [-0.39, 0.29) is 5.91 Å². The molecule has 0 aliphatic carbocycles. The average molecular weight is 285 g/mol. The van der Waals surface area contributed by atoms with Crippen molar-refractivity contribution in [3.8, 4) is 11.5 Å². The van der Waals surface area contributed by atoms with Crippen LogP contribution in [-0.4, -0.2) is 24.1 Å². The van der Waals surface area contributed by atoms with Crippen molar-refractivity contribution in [1.82, 2.24) is 4.98 Å². The first-order chi connectivity index (χ1) is 10.1. The van der Waals surface area contributed by atoms with Crippen LogP contribution in [0.3, 0.4) is 0 Å². The van der Waals surface area contributed by atoms with Gasteiger partial charge in [-0.3, -0.25) is 9.78 Å². The van der Waals surface area contributed by atoms with Crippen LogP contribution in [0.5, 0.6) is 11.5 Å². The zero-order valence-corrected chi connectivity index (χ0v) is 11.6. The van der Waals surface area contributed by atoms with E-state index < -0.39 is 0 Å². The predicted molar refractivity (Wildman–Crippen MR) is 78.8 cm³/mol. The molecule has 0 atom stereocenters. The number of hydrogen-bond acceptors (Lipinski definition) is 5. The van der Waals surface area contributed by atoms with Crippen molar-refractivity contribution in [3.63, 3.8) is 0 Å². The third kappa shape index (κ3) is 2.60. The summed E-state index contributed by atoms with van der Waals surface area (Å²) in [5.41, 5.74) is 8.00. The molecular formula is C15H15N3O3. The lowest BCUT2D eigenvalue weighted by atomic mass is 10.2. The summed E-state index contributed by atoms with van der Waals surface area (Å²) in [4.78, 5) is 16.3. The maximum absolute atomic E-state index is 12.3. The summed E-state index contributed by atoms with van der Waals surface area (Å²) in [6.45, 7) is 2.80. The lowest BCUT2D eigenvalue weighted by Gasteiger charge is -2.20. The van der Waals surface area contributed by atoms with Crippen molar-refractivity contribution in [3.05, 3.63) is 41.7 Å². The fourth-order valence-corrected chi connectivity index (χ4v) is 2.12. The van der Waals surface area contributed by atoms with Gasteiger partial charge in [0, 0.05) is 18.3 Å². The van der Waals surface area contributed by atoms with Gasteiger partial charge in [0.05, 0.1) is 11.4 Å². The highest BCUT2D eigenvalue weighted by Gasteiger charge is 2.17. The van der Waals surface area contributed by atoms with Gasteiger partial charge in [0.1, 0.15) is 18.9 Å². The number of aryl methyl sites for hydroxylation is 1. The highest BCUT2D eigenvalue weighted by atomic mass is 16.6. The van der Waals surface area contributed by atoms with Crippen molar-refractivity contribution in [2.75, 3.05) is 24.3 Å². The summed E-state index contributed by atoms with van der Waals surface area (Å²) < 4.78 is 10.9. The predicted octanol–water partition coefficient (Wildman–Crippen LogP) is 2.00. The Bertz CT molecular complexity index is 701. The van der Waals surface area contributed by atoms with Gasteiger partial charge in [-0.15, -0.1) is 0 Å². The van der Waals surface area contributed by atoms with E-state index in [1.165, 1.54) is 0 Å². The second-order valence-corrected chi connectivity index (χ2v) is 4.71. The molecule has 1 aromatic heterocycles. The summed E-state index contributed by atoms with van der Waals surface area (Å²) >= 11 is 0. The van der Waals surface area contributed by atoms with Gasteiger partial charge in [0.15, 0.2) is 11.5 Å². The van der Waals surface area contributed by atoms with E-state index >= 15 is 0 Å². The molecule has 0 saturated heterocycles. The van der Waals surface area contributed by atoms with Gasteiger partial charge in [0.2, 0.25) is 0 Å². The van der Waals surface area contributed by atoms with Gasteiger partial charge in [-0.25, -0.2) is 0 Å². The van der Waals surface area contributed by atoms with Gasteiger partial charge >= 0.3 is 0 Å².